The minimum absolute atomic E-state index is 0.0723. The number of methoxy groups -OCH3 is 2. The number of nitrogens with one attached hydrogen (secondary N) is 4. The van der Waals surface area contributed by atoms with E-state index in [4.69, 9.17) is 9.72 Å². The number of carbonyl (C=O) groups excluding carboxylic acids is 4. The highest BCUT2D eigenvalue weighted by Crippen LogP contribution is 2.42. The topological polar surface area (TPSA) is 184 Å². The van der Waals surface area contributed by atoms with Gasteiger partial charge in [-0.3, -0.25) is 9.59 Å². The molecule has 15 nitrogen and oxygen atoms in total. The van der Waals surface area contributed by atoms with Gasteiger partial charge in [-0.1, -0.05) is 45.4 Å². The largest absolute Gasteiger partial charge is 0.488 e. The molecule has 0 saturated carbocycles. The average Bonchev–Trinajstić information content (AvgIpc) is 3.86. The molecule has 6 rings (SSSR count). The Morgan fingerprint density at radius 3 is 2.33 bits per heavy atom. The van der Waals surface area contributed by atoms with E-state index in [-0.39, 0.29) is 50.0 Å². The number of benzene rings is 3. The molecule has 290 valence electrons. The number of H-pyrrole nitrogens is 2. The van der Waals surface area contributed by atoms with Crippen LogP contribution in [0.5, 0.6) is 5.75 Å². The van der Waals surface area contributed by atoms with Crippen LogP contribution in [0.1, 0.15) is 57.7 Å². The summed E-state index contributed by atoms with van der Waals surface area (Å²) in [7, 11) is 2.52. The fraction of sp³-hybridized carbons (Fsp3) is 0.400. The molecule has 55 heavy (non-hydrogen) atoms. The van der Waals surface area contributed by atoms with E-state index in [1.165, 1.54) is 14.2 Å². The third-order valence-electron chi connectivity index (χ3n) is 10.2. The predicted octanol–water partition coefficient (Wildman–Crippen LogP) is 5.88. The molecule has 5 aromatic rings. The number of ether oxygens (including phenoxy) is 3. The first-order valence-corrected chi connectivity index (χ1v) is 18.5. The molecule has 0 fully saturated rings. The van der Waals surface area contributed by atoms with E-state index in [9.17, 15) is 19.2 Å². The molecule has 0 radical (unpaired) electrons. The van der Waals surface area contributed by atoms with E-state index in [0.717, 1.165) is 68.3 Å². The number of fused-ring (bicyclic) bond motifs is 6. The fourth-order valence-electron chi connectivity index (χ4n) is 6.64. The summed E-state index contributed by atoms with van der Waals surface area (Å²) < 4.78 is 15.6. The fourth-order valence-corrected chi connectivity index (χ4v) is 6.64. The first kappa shape index (κ1) is 38.6. The maximum absolute atomic E-state index is 13.1. The molecule has 0 bridgehead atoms. The Kier molecular flexibility index (Phi) is 11.9. The molecule has 2 atom stereocenters. The molecule has 4 amide bonds. The molecule has 0 aliphatic carbocycles. The second-order valence-electron chi connectivity index (χ2n) is 13.9. The van der Waals surface area contributed by atoms with Crippen LogP contribution in [0.25, 0.3) is 44.2 Å². The number of amides is 4. The number of hydrogen-bond donors (Lipinski definition) is 4. The Morgan fingerprint density at radius 1 is 0.873 bits per heavy atom. The zero-order valence-corrected chi connectivity index (χ0v) is 32.1. The van der Waals surface area contributed by atoms with Crippen molar-refractivity contribution in [3.8, 4) is 28.1 Å². The SMILES string of the molecule is CCC(C)CN(Cc1ncc(-c2ccc3c(c2)COc2cc4c(ccc5[nH]c(CN(C(=O)CNC(=O)OC)[C@@H](C)CC)nc54)cc2-3)[nH]1)C(=O)CNC(=O)OC. The van der Waals surface area contributed by atoms with Crippen molar-refractivity contribution in [3.63, 3.8) is 0 Å². The summed E-state index contributed by atoms with van der Waals surface area (Å²) >= 11 is 0. The zero-order valence-electron chi connectivity index (χ0n) is 32.1. The van der Waals surface area contributed by atoms with Crippen LogP contribution in [0.4, 0.5) is 9.59 Å². The molecule has 15 heteroatoms. The molecule has 4 N–H and O–H groups in total. The Bertz CT molecular complexity index is 2210. The van der Waals surface area contributed by atoms with Crippen LogP contribution in [0.2, 0.25) is 0 Å². The van der Waals surface area contributed by atoms with Crippen molar-refractivity contribution in [2.45, 2.75) is 66.3 Å². The lowest BCUT2D eigenvalue weighted by molar-refractivity contribution is -0.133. The summed E-state index contributed by atoms with van der Waals surface area (Å²) in [6, 6.07) is 14.4. The molecule has 1 aliphatic heterocycles. The molecule has 3 heterocycles. The van der Waals surface area contributed by atoms with Gasteiger partial charge < -0.3 is 44.6 Å². The van der Waals surface area contributed by atoms with Crippen molar-refractivity contribution in [1.29, 1.82) is 0 Å². The van der Waals surface area contributed by atoms with Crippen LogP contribution in [0.3, 0.4) is 0 Å². The van der Waals surface area contributed by atoms with Gasteiger partial charge in [0.25, 0.3) is 0 Å². The van der Waals surface area contributed by atoms with Crippen molar-refractivity contribution in [1.82, 2.24) is 40.4 Å². The van der Waals surface area contributed by atoms with E-state index in [2.05, 4.69) is 67.1 Å². The molecular weight excluding hydrogens is 704 g/mol. The van der Waals surface area contributed by atoms with Crippen molar-refractivity contribution < 1.29 is 33.4 Å². The van der Waals surface area contributed by atoms with Crippen LogP contribution in [-0.2, 0) is 38.8 Å². The van der Waals surface area contributed by atoms with Gasteiger partial charge in [-0.2, -0.15) is 0 Å². The van der Waals surface area contributed by atoms with Gasteiger partial charge in [-0.05, 0) is 65.6 Å². The number of alkyl carbamates (subject to hydrolysis) is 2. The van der Waals surface area contributed by atoms with E-state index < -0.39 is 12.2 Å². The summed E-state index contributed by atoms with van der Waals surface area (Å²) in [4.78, 5) is 68.9. The van der Waals surface area contributed by atoms with E-state index in [1.807, 2.05) is 38.1 Å². The minimum atomic E-state index is -0.660. The van der Waals surface area contributed by atoms with Crippen LogP contribution in [-0.4, -0.2) is 93.6 Å². The Morgan fingerprint density at radius 2 is 1.62 bits per heavy atom. The van der Waals surface area contributed by atoms with Gasteiger partial charge in [0, 0.05) is 23.5 Å². The van der Waals surface area contributed by atoms with Crippen molar-refractivity contribution in [2.75, 3.05) is 33.9 Å². The van der Waals surface area contributed by atoms with Gasteiger partial charge >= 0.3 is 12.2 Å². The van der Waals surface area contributed by atoms with Gasteiger partial charge in [0.2, 0.25) is 11.8 Å². The third-order valence-corrected chi connectivity index (χ3v) is 10.2. The summed E-state index contributed by atoms with van der Waals surface area (Å²) in [5.74, 6) is 1.85. The Hall–Kier alpha value is -6.12. The molecule has 1 unspecified atom stereocenters. The van der Waals surface area contributed by atoms with Gasteiger partial charge in [0.1, 0.15) is 37.1 Å². The summed E-state index contributed by atoms with van der Waals surface area (Å²) in [5.41, 5.74) is 6.46. The van der Waals surface area contributed by atoms with Crippen molar-refractivity contribution >= 4 is 45.8 Å². The molecule has 0 spiro atoms. The monoisotopic (exact) mass is 752 g/mol. The molecule has 1 aliphatic rings. The highest BCUT2D eigenvalue weighted by molar-refractivity contribution is 6.07. The number of nitrogens with zero attached hydrogens (tertiary/aromatic N) is 4. The lowest BCUT2D eigenvalue weighted by atomic mass is 9.92. The highest BCUT2D eigenvalue weighted by Gasteiger charge is 2.24. The smallest absolute Gasteiger partial charge is 0.407 e. The summed E-state index contributed by atoms with van der Waals surface area (Å²) in [6.45, 7) is 9.22. The number of rotatable bonds is 14. The predicted molar refractivity (Wildman–Crippen MR) is 207 cm³/mol. The number of aromatic nitrogens is 4. The first-order chi connectivity index (χ1) is 26.5. The second kappa shape index (κ2) is 16.9. The minimum Gasteiger partial charge on any atom is -0.488 e. The lowest BCUT2D eigenvalue weighted by Crippen LogP contribution is -2.44. The Balaban J connectivity index is 1.21. The maximum atomic E-state index is 13.1. The van der Waals surface area contributed by atoms with Gasteiger partial charge in [-0.15, -0.1) is 0 Å². The second-order valence-corrected chi connectivity index (χ2v) is 13.9. The molecule has 0 saturated heterocycles. The quantitative estimate of drug-likeness (QED) is 0.108. The van der Waals surface area contributed by atoms with Gasteiger partial charge in [-0.25, -0.2) is 19.6 Å². The molecule has 2 aromatic heterocycles. The van der Waals surface area contributed by atoms with E-state index >= 15 is 0 Å². The first-order valence-electron chi connectivity index (χ1n) is 18.5. The van der Waals surface area contributed by atoms with Crippen LogP contribution < -0.4 is 15.4 Å². The Labute approximate surface area is 319 Å². The number of carbonyl (C=O) groups is 4. The number of imidazole rings is 2. The summed E-state index contributed by atoms with van der Waals surface area (Å²) in [5, 5.41) is 6.88. The van der Waals surface area contributed by atoms with Gasteiger partial charge in [0.15, 0.2) is 0 Å². The van der Waals surface area contributed by atoms with E-state index in [1.54, 1.807) is 16.0 Å². The molecule has 3 aromatic carbocycles. The lowest BCUT2D eigenvalue weighted by Gasteiger charge is -2.27. The third kappa shape index (κ3) is 8.66. The van der Waals surface area contributed by atoms with Crippen LogP contribution in [0, 0.1) is 5.92 Å². The van der Waals surface area contributed by atoms with Crippen molar-refractivity contribution in [3.05, 3.63) is 65.9 Å². The number of hydrogen-bond acceptors (Lipinski definition) is 9. The van der Waals surface area contributed by atoms with Crippen molar-refractivity contribution in [2.24, 2.45) is 5.92 Å². The normalized spacial score (nSPS) is 12.9. The van der Waals surface area contributed by atoms with Crippen LogP contribution >= 0.6 is 0 Å². The molecular formula is C40H48N8O7. The maximum Gasteiger partial charge on any atom is 0.407 e. The zero-order chi connectivity index (χ0) is 39.2. The highest BCUT2D eigenvalue weighted by atomic mass is 16.5. The summed E-state index contributed by atoms with van der Waals surface area (Å²) in [6.07, 6.45) is 2.09. The number of aromatic amines is 2. The standard InChI is InChI=1S/C40H48N8O7/c1-7-23(3)19-47(36(49)17-42-39(51)53-5)20-34-41-16-32(45-34)26-9-11-28-27(13-26)22-55-33-15-29-25(14-30(28)33)10-12-31-38(29)46-35(44-31)21-48(24(4)8-2)37(50)18-43-40(52)54-6/h9-16,23-24H,7-8,17-22H2,1-6H3,(H,41,45)(H,42,51)(H,43,52)(H,44,46)/t23?,24-/m0/s1. The average molecular weight is 753 g/mol. The van der Waals surface area contributed by atoms with Gasteiger partial charge in [0.05, 0.1) is 50.2 Å². The van der Waals surface area contributed by atoms with Crippen LogP contribution in [0.15, 0.2) is 48.7 Å². The van der Waals surface area contributed by atoms with E-state index in [0.29, 0.717) is 24.8 Å².